The molecule has 182 valence electrons. The van der Waals surface area contributed by atoms with Crippen molar-refractivity contribution in [1.82, 2.24) is 0 Å². The third kappa shape index (κ3) is 3.89. The van der Waals surface area contributed by atoms with Gasteiger partial charge in [-0.15, -0.1) is 0 Å². The molecule has 4 heteroatoms. The maximum Gasteiger partial charge on any atom is 0.543 e. The van der Waals surface area contributed by atoms with Gasteiger partial charge >= 0.3 is 6.98 Å². The van der Waals surface area contributed by atoms with Gasteiger partial charge in [0.05, 0.1) is 13.2 Å². The van der Waals surface area contributed by atoms with Crippen molar-refractivity contribution in [2.24, 2.45) is 7.05 Å². The van der Waals surface area contributed by atoms with Gasteiger partial charge in [-0.3, -0.25) is 4.81 Å². The maximum absolute atomic E-state index is 8.55. The topological polar surface area (TPSA) is 10.4 Å². The van der Waals surface area contributed by atoms with E-state index in [0.29, 0.717) is 5.56 Å². The summed E-state index contributed by atoms with van der Waals surface area (Å²) in [5.41, 5.74) is 8.03. The maximum atomic E-state index is 8.55. The van der Waals surface area contributed by atoms with Crippen LogP contribution in [-0.4, -0.2) is 6.98 Å². The fourth-order valence-corrected chi connectivity index (χ4v) is 5.60. The number of pyridine rings is 1. The number of aryl methyl sites for hydroxylation is 3. The predicted octanol–water partition coefficient (Wildman–Crippen LogP) is 7.06. The third-order valence-electron chi connectivity index (χ3n) is 7.31. The Kier molecular flexibility index (Phi) is 5.45. The highest BCUT2D eigenvalue weighted by Crippen LogP contribution is 2.47. The molecule has 0 unspecified atom stereocenters. The average Bonchev–Trinajstić information content (AvgIpc) is 3.24. The number of fused-ring (bicyclic) bond motifs is 1. The molecule has 0 bridgehead atoms. The van der Waals surface area contributed by atoms with Crippen molar-refractivity contribution in [3.63, 3.8) is 0 Å². The summed E-state index contributed by atoms with van der Waals surface area (Å²) in [5, 5.41) is 0. The molecule has 0 spiro atoms. The molecule has 0 N–H and O–H groups in total. The molecule has 1 aromatic heterocycles. The SMILES string of the molecule is [2H]C([2H])([2H])c1cc[n+](C)c2c1N(c1ccccc1)B(c1c(C(C)C)cccc1C(C)C)N2c1ccccc1C. The molecule has 36 heavy (non-hydrogen) atoms. The van der Waals surface area contributed by atoms with Crippen molar-refractivity contribution in [2.45, 2.75) is 53.3 Å². The Morgan fingerprint density at radius 1 is 0.750 bits per heavy atom. The summed E-state index contributed by atoms with van der Waals surface area (Å²) in [5.74, 6) is 1.45. The van der Waals surface area contributed by atoms with E-state index < -0.39 is 6.85 Å². The fourth-order valence-electron chi connectivity index (χ4n) is 5.60. The minimum absolute atomic E-state index is 0.283. The molecule has 0 saturated heterocycles. The zero-order valence-electron chi connectivity index (χ0n) is 25.2. The van der Waals surface area contributed by atoms with Crippen LogP contribution in [0.5, 0.6) is 0 Å². The van der Waals surface area contributed by atoms with Crippen LogP contribution in [0, 0.1) is 13.8 Å². The number of benzene rings is 3. The lowest BCUT2D eigenvalue weighted by atomic mass is 9.58. The highest BCUT2D eigenvalue weighted by molar-refractivity contribution is 6.85. The lowest BCUT2D eigenvalue weighted by Crippen LogP contribution is -2.57. The molecule has 5 rings (SSSR count). The normalized spacial score (nSPS) is 14.8. The first-order valence-corrected chi connectivity index (χ1v) is 12.9. The average molecular weight is 477 g/mol. The summed E-state index contributed by atoms with van der Waals surface area (Å²) in [6.45, 7) is 8.52. The lowest BCUT2D eigenvalue weighted by Gasteiger charge is -2.30. The third-order valence-corrected chi connectivity index (χ3v) is 7.31. The predicted molar refractivity (Wildman–Crippen MR) is 154 cm³/mol. The Bertz CT molecular complexity index is 1470. The van der Waals surface area contributed by atoms with Crippen LogP contribution in [0.25, 0.3) is 0 Å². The first-order valence-electron chi connectivity index (χ1n) is 14.4. The monoisotopic (exact) mass is 477 g/mol. The van der Waals surface area contributed by atoms with Gasteiger partial charge in [-0.2, -0.15) is 0 Å². The summed E-state index contributed by atoms with van der Waals surface area (Å²) < 4.78 is 27.7. The van der Waals surface area contributed by atoms with Gasteiger partial charge in [0, 0.05) is 15.3 Å². The second-order valence-corrected chi connectivity index (χ2v) is 10.4. The smallest absolute Gasteiger partial charge is 0.333 e. The van der Waals surface area contributed by atoms with Gasteiger partial charge in [-0.1, -0.05) is 82.3 Å². The molecule has 1 aliphatic heterocycles. The number of anilines is 4. The first kappa shape index (κ1) is 20.6. The van der Waals surface area contributed by atoms with Crippen molar-refractivity contribution in [3.05, 3.63) is 107 Å². The molecule has 0 fully saturated rings. The zero-order chi connectivity index (χ0) is 28.1. The van der Waals surface area contributed by atoms with E-state index in [4.69, 9.17) is 4.11 Å². The van der Waals surface area contributed by atoms with Gasteiger partial charge < -0.3 is 4.81 Å². The second-order valence-electron chi connectivity index (χ2n) is 10.4. The molecule has 0 saturated carbocycles. The van der Waals surface area contributed by atoms with Gasteiger partial charge in [-0.05, 0) is 72.1 Å². The van der Waals surface area contributed by atoms with Gasteiger partial charge in [0.1, 0.15) is 11.4 Å². The van der Waals surface area contributed by atoms with Crippen LogP contribution in [0.1, 0.15) is 65.9 Å². The largest absolute Gasteiger partial charge is 0.543 e. The minimum atomic E-state index is -2.28. The van der Waals surface area contributed by atoms with Crippen LogP contribution in [0.4, 0.5) is 22.9 Å². The number of rotatable bonds is 5. The van der Waals surface area contributed by atoms with E-state index in [1.54, 1.807) is 6.07 Å². The highest BCUT2D eigenvalue weighted by atomic mass is 15.4. The standard InChI is InChI=1S/C32H37BN3/c1-22(2)27-17-13-18-28(23(3)4)30(27)33-35(26-15-9-8-10-16-26)31-25(6)20-21-34(7)32(31)36(33)29-19-12-11-14-24(29)5/h8-23H,1-7H3/q+1/i6D3. The first-order chi connectivity index (χ1) is 18.5. The van der Waals surface area contributed by atoms with Crippen LogP contribution in [0.2, 0.25) is 0 Å². The van der Waals surface area contributed by atoms with Crippen LogP contribution in [0.3, 0.4) is 0 Å². The number of hydrogen-bond donors (Lipinski definition) is 0. The molecule has 4 aromatic rings. The van der Waals surface area contributed by atoms with Gasteiger partial charge in [0.25, 0.3) is 5.82 Å². The van der Waals surface area contributed by atoms with E-state index in [-0.39, 0.29) is 18.8 Å². The van der Waals surface area contributed by atoms with Crippen molar-refractivity contribution in [2.75, 3.05) is 9.62 Å². The summed E-state index contributed by atoms with van der Waals surface area (Å²) >= 11 is 0. The summed E-state index contributed by atoms with van der Waals surface area (Å²) in [6, 6.07) is 27.0. The second kappa shape index (κ2) is 9.50. The molecular formula is C32H37BN3+. The van der Waals surface area contributed by atoms with Crippen LogP contribution in [0.15, 0.2) is 85.1 Å². The van der Waals surface area contributed by atoms with Gasteiger partial charge in [0.15, 0.2) is 0 Å². The number of para-hydroxylation sites is 2. The molecule has 0 amide bonds. The Hall–Kier alpha value is -3.53. The molecule has 0 atom stereocenters. The van der Waals surface area contributed by atoms with E-state index in [1.807, 2.05) is 31.4 Å². The van der Waals surface area contributed by atoms with Crippen molar-refractivity contribution in [1.29, 1.82) is 0 Å². The number of hydrogen-bond acceptors (Lipinski definition) is 2. The molecular weight excluding hydrogens is 437 g/mol. The van der Waals surface area contributed by atoms with Gasteiger partial charge in [0.2, 0.25) is 0 Å². The molecule has 1 aliphatic rings. The Balaban J connectivity index is 1.98. The van der Waals surface area contributed by atoms with Crippen molar-refractivity contribution < 1.29 is 8.68 Å². The Labute approximate surface area is 221 Å². The molecule has 3 nitrogen and oxygen atoms in total. The van der Waals surface area contributed by atoms with Crippen LogP contribution < -0.4 is 19.7 Å². The molecule has 2 heterocycles. The summed E-state index contributed by atoms with van der Waals surface area (Å²) in [4.78, 5) is 4.62. The van der Waals surface area contributed by atoms with Crippen LogP contribution in [-0.2, 0) is 7.05 Å². The van der Waals surface area contributed by atoms with Gasteiger partial charge in [-0.25, -0.2) is 4.57 Å². The summed E-state index contributed by atoms with van der Waals surface area (Å²) in [7, 11) is 2.01. The van der Waals surface area contributed by atoms with E-state index in [0.717, 1.165) is 28.4 Å². The number of aromatic nitrogens is 1. The zero-order valence-corrected chi connectivity index (χ0v) is 22.2. The number of nitrogens with zero attached hydrogens (tertiary/aromatic N) is 3. The van der Waals surface area contributed by atoms with Crippen LogP contribution >= 0.6 is 0 Å². The van der Waals surface area contributed by atoms with E-state index in [2.05, 4.69) is 103 Å². The molecule has 3 aromatic carbocycles. The quantitative estimate of drug-likeness (QED) is 0.225. The lowest BCUT2D eigenvalue weighted by molar-refractivity contribution is -0.657. The minimum Gasteiger partial charge on any atom is -0.333 e. The van der Waals surface area contributed by atoms with E-state index >= 15 is 0 Å². The summed E-state index contributed by atoms with van der Waals surface area (Å²) in [6.07, 6.45) is 1.88. The van der Waals surface area contributed by atoms with Crippen molar-refractivity contribution in [3.8, 4) is 0 Å². The molecule has 0 aliphatic carbocycles. The Morgan fingerprint density at radius 2 is 1.39 bits per heavy atom. The fraction of sp³-hybridized carbons (Fsp3) is 0.281. The van der Waals surface area contributed by atoms with Crippen molar-refractivity contribution >= 4 is 35.3 Å². The Morgan fingerprint density at radius 3 is 2.00 bits per heavy atom. The van der Waals surface area contributed by atoms with E-state index in [9.17, 15) is 0 Å². The highest BCUT2D eigenvalue weighted by Gasteiger charge is 2.55. The van der Waals surface area contributed by atoms with E-state index in [1.165, 1.54) is 16.6 Å². The molecule has 0 radical (unpaired) electrons.